The van der Waals surface area contributed by atoms with Crippen molar-refractivity contribution in [3.8, 4) is 0 Å². The summed E-state index contributed by atoms with van der Waals surface area (Å²) in [5.41, 5.74) is 0.672. The number of carbonyl (C=O) groups excluding carboxylic acids is 1. The number of pyridine rings is 1. The molecule has 0 radical (unpaired) electrons. The lowest BCUT2D eigenvalue weighted by Crippen LogP contribution is -2.38. The Balaban J connectivity index is 2.43. The van der Waals surface area contributed by atoms with E-state index in [1.807, 2.05) is 48.5 Å². The van der Waals surface area contributed by atoms with Gasteiger partial charge in [-0.3, -0.25) is 0 Å². The maximum Gasteiger partial charge on any atom is 0.404 e. The normalized spacial score (nSPS) is 11.6. The van der Waals surface area contributed by atoms with E-state index in [0.717, 1.165) is 27.8 Å². The van der Waals surface area contributed by atoms with Gasteiger partial charge in [0.05, 0.1) is 12.5 Å². The van der Waals surface area contributed by atoms with Crippen LogP contribution in [-0.2, 0) is 14.3 Å². The lowest BCUT2D eigenvalue weighted by molar-refractivity contribution is -0.548. The number of para-hydroxylation sites is 1. The highest BCUT2D eigenvalue weighted by Gasteiger charge is 2.26. The Kier molecular flexibility index (Phi) is 3.76. The van der Waals surface area contributed by atoms with Crippen molar-refractivity contribution in [2.24, 2.45) is 0 Å². The Hall–Kier alpha value is -3.21. The van der Waals surface area contributed by atoms with Gasteiger partial charge in [0, 0.05) is 16.8 Å². The molecule has 0 aliphatic heterocycles. The molecule has 0 unspecified atom stereocenters. The Morgan fingerprint density at radius 2 is 1.70 bits per heavy atom. The molecule has 0 saturated heterocycles. The molecule has 5 heteroatoms. The summed E-state index contributed by atoms with van der Waals surface area (Å²) in [6.07, 6.45) is 2.59. The zero-order valence-electron chi connectivity index (χ0n) is 12.4. The zero-order valence-corrected chi connectivity index (χ0v) is 12.4. The van der Waals surface area contributed by atoms with Gasteiger partial charge in [0.25, 0.3) is 0 Å². The zero-order chi connectivity index (χ0) is 16.4. The van der Waals surface area contributed by atoms with E-state index in [9.17, 15) is 9.59 Å². The molecule has 0 aliphatic carbocycles. The van der Waals surface area contributed by atoms with Crippen molar-refractivity contribution in [1.29, 1.82) is 0 Å². The summed E-state index contributed by atoms with van der Waals surface area (Å²) in [5, 5.41) is 11.9. The van der Waals surface area contributed by atoms with Gasteiger partial charge >= 0.3 is 17.6 Å². The summed E-state index contributed by atoms with van der Waals surface area (Å²) in [6, 6.07) is 15.2. The van der Waals surface area contributed by atoms with E-state index in [0.29, 0.717) is 0 Å². The molecule has 0 atom stereocenters. The Bertz CT molecular complexity index is 960. The van der Waals surface area contributed by atoms with Gasteiger partial charge in [-0.15, -0.1) is 0 Å². The maximum absolute atomic E-state index is 12.1. The molecular formula is C18H14NO4+. The molecule has 114 valence electrons. The van der Waals surface area contributed by atoms with E-state index in [1.165, 1.54) is 7.11 Å². The first-order chi connectivity index (χ1) is 11.1. The van der Waals surface area contributed by atoms with Gasteiger partial charge in [0.15, 0.2) is 6.20 Å². The van der Waals surface area contributed by atoms with Gasteiger partial charge in [-0.25, -0.2) is 9.59 Å². The fourth-order valence-electron chi connectivity index (χ4n) is 2.62. The molecule has 0 aliphatic rings. The maximum atomic E-state index is 12.1. The van der Waals surface area contributed by atoms with Crippen LogP contribution in [0.3, 0.4) is 0 Å². The van der Waals surface area contributed by atoms with Gasteiger partial charge in [-0.2, -0.15) is 4.57 Å². The molecule has 1 heterocycles. The number of hydrogen-bond donors (Lipinski definition) is 1. The second-order valence-corrected chi connectivity index (χ2v) is 4.96. The molecular weight excluding hydrogens is 294 g/mol. The Labute approximate surface area is 132 Å². The van der Waals surface area contributed by atoms with Crippen LogP contribution in [0.2, 0.25) is 0 Å². The minimum Gasteiger partial charge on any atom is -0.478 e. The average Bonchev–Trinajstić information content (AvgIpc) is 2.58. The van der Waals surface area contributed by atoms with Crippen LogP contribution in [0.15, 0.2) is 60.8 Å². The summed E-state index contributed by atoms with van der Waals surface area (Å²) in [4.78, 5) is 23.2. The topological polar surface area (TPSA) is 67.5 Å². The third kappa shape index (κ3) is 2.64. The number of aliphatic carboxylic acids is 1. The SMILES string of the molecule is COC(=O)/C(=C\C(=O)O)[n+]1cc2ccccc2c2ccccc21. The highest BCUT2D eigenvalue weighted by Crippen LogP contribution is 2.23. The molecule has 23 heavy (non-hydrogen) atoms. The fourth-order valence-corrected chi connectivity index (χ4v) is 2.62. The predicted octanol–water partition coefficient (Wildman–Crippen LogP) is 2.38. The third-order valence-electron chi connectivity index (χ3n) is 3.60. The number of aromatic nitrogens is 1. The minimum atomic E-state index is -1.21. The summed E-state index contributed by atoms with van der Waals surface area (Å²) in [6.45, 7) is 0. The molecule has 1 N–H and O–H groups in total. The molecule has 0 bridgehead atoms. The number of ether oxygens (including phenoxy) is 1. The van der Waals surface area contributed by atoms with E-state index in [1.54, 1.807) is 10.8 Å². The van der Waals surface area contributed by atoms with Crippen LogP contribution in [0.25, 0.3) is 27.4 Å². The van der Waals surface area contributed by atoms with Crippen molar-refractivity contribution in [3.05, 3.63) is 60.8 Å². The number of carboxylic acids is 1. The first kappa shape index (κ1) is 14.7. The lowest BCUT2D eigenvalue weighted by atomic mass is 10.1. The standard InChI is InChI=1S/C18H13NO4/c1-23-18(22)16(10-17(20)21)19-11-12-6-2-3-7-13(12)14-8-4-5-9-15(14)19/h2-11H,1H3/p+1/b16-10+. The van der Waals surface area contributed by atoms with E-state index < -0.39 is 11.9 Å². The molecule has 0 saturated carbocycles. The van der Waals surface area contributed by atoms with Gasteiger partial charge in [-0.05, 0) is 12.1 Å². The average molecular weight is 308 g/mol. The molecule has 0 fully saturated rings. The number of esters is 1. The highest BCUT2D eigenvalue weighted by molar-refractivity contribution is 6.12. The van der Waals surface area contributed by atoms with E-state index in [4.69, 9.17) is 9.84 Å². The van der Waals surface area contributed by atoms with Crippen LogP contribution >= 0.6 is 0 Å². The van der Waals surface area contributed by atoms with Crippen molar-refractivity contribution in [1.82, 2.24) is 0 Å². The summed E-state index contributed by atoms with van der Waals surface area (Å²) < 4.78 is 6.29. The number of fused-ring (bicyclic) bond motifs is 3. The Morgan fingerprint density at radius 3 is 2.39 bits per heavy atom. The molecule has 1 aromatic heterocycles. The summed E-state index contributed by atoms with van der Waals surface area (Å²) in [7, 11) is 1.22. The molecule has 5 nitrogen and oxygen atoms in total. The van der Waals surface area contributed by atoms with Crippen molar-refractivity contribution in [2.45, 2.75) is 0 Å². The smallest absolute Gasteiger partial charge is 0.404 e. The fraction of sp³-hybridized carbons (Fsp3) is 0.0556. The second kappa shape index (κ2) is 5.88. The first-order valence-electron chi connectivity index (χ1n) is 6.97. The van der Waals surface area contributed by atoms with Crippen LogP contribution in [0.1, 0.15) is 0 Å². The molecule has 2 aromatic carbocycles. The number of hydrogen-bond acceptors (Lipinski definition) is 3. The monoisotopic (exact) mass is 308 g/mol. The van der Waals surface area contributed by atoms with E-state index >= 15 is 0 Å². The lowest BCUT2D eigenvalue weighted by Gasteiger charge is -2.06. The first-order valence-corrected chi connectivity index (χ1v) is 6.97. The summed E-state index contributed by atoms with van der Waals surface area (Å²) in [5.74, 6) is -1.92. The van der Waals surface area contributed by atoms with E-state index in [2.05, 4.69) is 0 Å². The Morgan fingerprint density at radius 1 is 1.04 bits per heavy atom. The van der Waals surface area contributed by atoms with Crippen LogP contribution < -0.4 is 4.57 Å². The number of nitrogens with zero attached hydrogens (tertiary/aromatic N) is 1. The number of carboxylic acid groups (broad SMARTS) is 1. The van der Waals surface area contributed by atoms with Crippen molar-refractivity contribution in [3.63, 3.8) is 0 Å². The number of rotatable bonds is 3. The van der Waals surface area contributed by atoms with E-state index in [-0.39, 0.29) is 5.70 Å². The molecule has 3 rings (SSSR count). The number of benzene rings is 2. The van der Waals surface area contributed by atoms with Gasteiger partial charge in [-0.1, -0.05) is 30.3 Å². The van der Waals surface area contributed by atoms with Crippen LogP contribution in [-0.4, -0.2) is 24.2 Å². The van der Waals surface area contributed by atoms with Crippen molar-refractivity contribution >= 4 is 39.3 Å². The van der Waals surface area contributed by atoms with Gasteiger partial charge in [0.2, 0.25) is 5.52 Å². The predicted molar refractivity (Wildman–Crippen MR) is 85.6 cm³/mol. The molecule has 3 aromatic rings. The quantitative estimate of drug-likeness (QED) is 0.349. The van der Waals surface area contributed by atoms with Crippen molar-refractivity contribution in [2.75, 3.05) is 7.11 Å². The minimum absolute atomic E-state index is 0.0537. The van der Waals surface area contributed by atoms with Gasteiger partial charge in [0.1, 0.15) is 6.08 Å². The van der Waals surface area contributed by atoms with Crippen LogP contribution in [0.5, 0.6) is 0 Å². The number of methoxy groups -OCH3 is 1. The van der Waals surface area contributed by atoms with Gasteiger partial charge < -0.3 is 9.84 Å². The van der Waals surface area contributed by atoms with Crippen molar-refractivity contribution < 1.29 is 24.0 Å². The second-order valence-electron chi connectivity index (χ2n) is 4.96. The molecule has 0 spiro atoms. The third-order valence-corrected chi connectivity index (χ3v) is 3.60. The van der Waals surface area contributed by atoms with Crippen LogP contribution in [0, 0.1) is 0 Å². The summed E-state index contributed by atoms with van der Waals surface area (Å²) >= 11 is 0. The highest BCUT2D eigenvalue weighted by atomic mass is 16.5. The van der Waals surface area contributed by atoms with Crippen LogP contribution in [0.4, 0.5) is 0 Å². The molecule has 0 amide bonds. The number of carbonyl (C=O) groups is 2. The largest absolute Gasteiger partial charge is 0.478 e.